The Kier molecular flexibility index (Phi) is 7.46. The van der Waals surface area contributed by atoms with Gasteiger partial charge < -0.3 is 5.11 Å². The molecule has 3 nitrogen and oxygen atoms in total. The summed E-state index contributed by atoms with van der Waals surface area (Å²) in [7, 11) is 0. The maximum Gasteiger partial charge on any atom is 0.416 e. The van der Waals surface area contributed by atoms with E-state index in [2.05, 4.69) is 0 Å². The molecule has 3 aromatic rings. The molecule has 0 amide bonds. The molecule has 0 aliphatic carbocycles. The van der Waals surface area contributed by atoms with Crippen molar-refractivity contribution >= 4 is 11.8 Å². The van der Waals surface area contributed by atoms with Crippen LogP contribution in [0.3, 0.4) is 0 Å². The van der Waals surface area contributed by atoms with E-state index in [1.807, 2.05) is 30.3 Å². The van der Waals surface area contributed by atoms with Gasteiger partial charge in [0.25, 0.3) is 0 Å². The number of carboxylic acid groups (broad SMARTS) is 1. The van der Waals surface area contributed by atoms with Gasteiger partial charge in [0.1, 0.15) is 0 Å². The van der Waals surface area contributed by atoms with Crippen LogP contribution >= 0.6 is 0 Å². The second-order valence-corrected chi connectivity index (χ2v) is 7.70. The van der Waals surface area contributed by atoms with Gasteiger partial charge in [0.15, 0.2) is 5.78 Å². The molecule has 1 unspecified atom stereocenters. The first-order chi connectivity index (χ1) is 15.2. The van der Waals surface area contributed by atoms with Crippen LogP contribution in [0, 0.1) is 5.92 Å². The van der Waals surface area contributed by atoms with Crippen LogP contribution < -0.4 is 0 Å². The summed E-state index contributed by atoms with van der Waals surface area (Å²) in [5.74, 6) is -2.09. The molecule has 0 aliphatic rings. The van der Waals surface area contributed by atoms with Crippen LogP contribution in [-0.4, -0.2) is 16.9 Å². The number of hydrogen-bond acceptors (Lipinski definition) is 2. The van der Waals surface area contributed by atoms with E-state index in [4.69, 9.17) is 0 Å². The van der Waals surface area contributed by atoms with Crippen molar-refractivity contribution in [1.29, 1.82) is 0 Å². The SMILES string of the molecule is O=C(CC(CCCc1ccccc1)C(=O)O)c1ccc(-c2cccc(C(F)(F)F)c2)cc1. The van der Waals surface area contributed by atoms with Gasteiger partial charge in [-0.2, -0.15) is 13.2 Å². The minimum absolute atomic E-state index is 0.118. The van der Waals surface area contributed by atoms with Crippen LogP contribution in [0.25, 0.3) is 11.1 Å². The van der Waals surface area contributed by atoms with Crippen LogP contribution in [-0.2, 0) is 17.4 Å². The Morgan fingerprint density at radius 1 is 0.844 bits per heavy atom. The number of aryl methyl sites for hydroxylation is 1. The molecule has 0 radical (unpaired) electrons. The number of carbonyl (C=O) groups excluding carboxylic acids is 1. The molecule has 0 bridgehead atoms. The molecule has 0 saturated carbocycles. The van der Waals surface area contributed by atoms with E-state index >= 15 is 0 Å². The number of aliphatic carboxylic acids is 1. The molecule has 3 rings (SSSR count). The van der Waals surface area contributed by atoms with Crippen molar-refractivity contribution in [2.24, 2.45) is 5.92 Å². The molecule has 3 aromatic carbocycles. The number of ketones is 1. The van der Waals surface area contributed by atoms with E-state index in [0.717, 1.165) is 24.1 Å². The second-order valence-electron chi connectivity index (χ2n) is 7.70. The number of carbonyl (C=O) groups is 2. The van der Waals surface area contributed by atoms with Gasteiger partial charge in [-0.05, 0) is 48.1 Å². The molecule has 32 heavy (non-hydrogen) atoms. The van der Waals surface area contributed by atoms with Gasteiger partial charge in [-0.25, -0.2) is 0 Å². The Bertz CT molecular complexity index is 1060. The van der Waals surface area contributed by atoms with Crippen molar-refractivity contribution in [3.05, 3.63) is 95.6 Å². The summed E-state index contributed by atoms with van der Waals surface area (Å²) in [6, 6.07) is 20.9. The van der Waals surface area contributed by atoms with Gasteiger partial charge in [-0.15, -0.1) is 0 Å². The number of benzene rings is 3. The molecule has 166 valence electrons. The fourth-order valence-corrected chi connectivity index (χ4v) is 3.58. The highest BCUT2D eigenvalue weighted by molar-refractivity contribution is 5.98. The quantitative estimate of drug-likeness (QED) is 0.378. The Morgan fingerprint density at radius 3 is 2.16 bits per heavy atom. The van der Waals surface area contributed by atoms with Crippen molar-refractivity contribution in [2.75, 3.05) is 0 Å². The Balaban J connectivity index is 1.63. The number of halogens is 3. The molecule has 1 N–H and O–H groups in total. The lowest BCUT2D eigenvalue weighted by Gasteiger charge is -2.12. The predicted molar refractivity (Wildman–Crippen MR) is 116 cm³/mol. The third-order valence-corrected chi connectivity index (χ3v) is 5.37. The Morgan fingerprint density at radius 2 is 1.53 bits per heavy atom. The Labute approximate surface area is 184 Å². The first-order valence-electron chi connectivity index (χ1n) is 10.3. The zero-order valence-electron chi connectivity index (χ0n) is 17.3. The third-order valence-electron chi connectivity index (χ3n) is 5.37. The topological polar surface area (TPSA) is 54.4 Å². The van der Waals surface area contributed by atoms with E-state index in [-0.39, 0.29) is 12.2 Å². The molecular weight excluding hydrogens is 417 g/mol. The zero-order valence-corrected chi connectivity index (χ0v) is 17.3. The molecule has 0 aromatic heterocycles. The molecule has 0 heterocycles. The highest BCUT2D eigenvalue weighted by Gasteiger charge is 2.30. The third kappa shape index (κ3) is 6.30. The first-order valence-corrected chi connectivity index (χ1v) is 10.3. The van der Waals surface area contributed by atoms with E-state index in [1.54, 1.807) is 18.2 Å². The number of alkyl halides is 3. The molecule has 0 fully saturated rings. The molecule has 6 heteroatoms. The van der Waals surface area contributed by atoms with E-state index in [0.29, 0.717) is 29.5 Å². The maximum atomic E-state index is 12.9. The van der Waals surface area contributed by atoms with E-state index < -0.39 is 23.6 Å². The standard InChI is InChI=1S/C26H23F3O3/c27-26(28,29)23-11-5-9-21(16-23)19-12-14-20(15-13-19)24(30)17-22(25(31)32)10-4-8-18-6-2-1-3-7-18/h1-3,5-7,9,11-16,22H,4,8,10,17H2,(H,31,32). The summed E-state index contributed by atoms with van der Waals surface area (Å²) in [5, 5.41) is 9.51. The number of rotatable bonds is 9. The minimum Gasteiger partial charge on any atom is -0.481 e. The fourth-order valence-electron chi connectivity index (χ4n) is 3.58. The number of hydrogen-bond donors (Lipinski definition) is 1. The fraction of sp³-hybridized carbons (Fsp3) is 0.231. The van der Waals surface area contributed by atoms with Crippen LogP contribution in [0.2, 0.25) is 0 Å². The van der Waals surface area contributed by atoms with E-state index in [9.17, 15) is 27.9 Å². The van der Waals surface area contributed by atoms with Crippen LogP contribution in [0.5, 0.6) is 0 Å². The number of carboxylic acids is 1. The lowest BCUT2D eigenvalue weighted by atomic mass is 9.92. The highest BCUT2D eigenvalue weighted by Crippen LogP contribution is 2.32. The molecular formula is C26H23F3O3. The largest absolute Gasteiger partial charge is 0.481 e. The molecule has 0 aliphatic heterocycles. The Hall–Kier alpha value is -3.41. The summed E-state index contributed by atoms with van der Waals surface area (Å²) < 4.78 is 38.8. The summed E-state index contributed by atoms with van der Waals surface area (Å²) in [4.78, 5) is 24.2. The predicted octanol–water partition coefficient (Wildman–Crippen LogP) is 6.67. The van der Waals surface area contributed by atoms with Crippen molar-refractivity contribution in [3.8, 4) is 11.1 Å². The molecule has 0 spiro atoms. The van der Waals surface area contributed by atoms with Gasteiger partial charge in [-0.1, -0.05) is 66.7 Å². The average Bonchev–Trinajstić information content (AvgIpc) is 2.78. The molecule has 1 atom stereocenters. The number of Topliss-reactive ketones (excluding diaryl/α,β-unsaturated/α-hetero) is 1. The second kappa shape index (κ2) is 10.3. The first kappa shape index (κ1) is 23.3. The van der Waals surface area contributed by atoms with Crippen LogP contribution in [0.4, 0.5) is 13.2 Å². The van der Waals surface area contributed by atoms with Crippen molar-refractivity contribution in [3.63, 3.8) is 0 Å². The lowest BCUT2D eigenvalue weighted by Crippen LogP contribution is -2.18. The van der Waals surface area contributed by atoms with Crippen molar-refractivity contribution < 1.29 is 27.9 Å². The van der Waals surface area contributed by atoms with Gasteiger partial charge >= 0.3 is 12.1 Å². The monoisotopic (exact) mass is 440 g/mol. The zero-order chi connectivity index (χ0) is 23.1. The summed E-state index contributed by atoms with van der Waals surface area (Å²) in [6.45, 7) is 0. The van der Waals surface area contributed by atoms with Crippen LogP contribution in [0.1, 0.15) is 40.7 Å². The summed E-state index contributed by atoms with van der Waals surface area (Å²) in [6.07, 6.45) is -2.77. The lowest BCUT2D eigenvalue weighted by molar-refractivity contribution is -0.142. The van der Waals surface area contributed by atoms with Crippen LogP contribution in [0.15, 0.2) is 78.9 Å². The highest BCUT2D eigenvalue weighted by atomic mass is 19.4. The maximum absolute atomic E-state index is 12.9. The normalized spacial score (nSPS) is 12.3. The van der Waals surface area contributed by atoms with Gasteiger partial charge in [-0.3, -0.25) is 9.59 Å². The smallest absolute Gasteiger partial charge is 0.416 e. The summed E-state index contributed by atoms with van der Waals surface area (Å²) >= 11 is 0. The van der Waals surface area contributed by atoms with Gasteiger partial charge in [0.2, 0.25) is 0 Å². The van der Waals surface area contributed by atoms with Gasteiger partial charge in [0.05, 0.1) is 11.5 Å². The van der Waals surface area contributed by atoms with Gasteiger partial charge in [0, 0.05) is 12.0 Å². The average molecular weight is 440 g/mol. The van der Waals surface area contributed by atoms with Crippen molar-refractivity contribution in [1.82, 2.24) is 0 Å². The van der Waals surface area contributed by atoms with Crippen molar-refractivity contribution in [2.45, 2.75) is 31.9 Å². The van der Waals surface area contributed by atoms with E-state index in [1.165, 1.54) is 18.2 Å². The minimum atomic E-state index is -4.43. The summed E-state index contributed by atoms with van der Waals surface area (Å²) in [5.41, 5.74) is 1.66. The molecule has 0 saturated heterocycles.